The Labute approximate surface area is 94.9 Å². The van der Waals surface area contributed by atoms with E-state index in [9.17, 15) is 0 Å². The second-order valence-electron chi connectivity index (χ2n) is 3.91. The van der Waals surface area contributed by atoms with Gasteiger partial charge in [0.1, 0.15) is 5.82 Å². The van der Waals surface area contributed by atoms with E-state index in [0.717, 1.165) is 18.7 Å². The molecule has 4 nitrogen and oxygen atoms in total. The highest BCUT2D eigenvalue weighted by Crippen LogP contribution is 2.12. The minimum Gasteiger partial charge on any atom is -0.321 e. The summed E-state index contributed by atoms with van der Waals surface area (Å²) in [7, 11) is 0. The van der Waals surface area contributed by atoms with Crippen molar-refractivity contribution in [2.75, 3.05) is 0 Å². The van der Waals surface area contributed by atoms with E-state index in [1.165, 1.54) is 5.56 Å². The van der Waals surface area contributed by atoms with Crippen LogP contribution in [0.4, 0.5) is 0 Å². The number of aryl methyl sites for hydroxylation is 2. The van der Waals surface area contributed by atoms with Gasteiger partial charge >= 0.3 is 0 Å². The lowest BCUT2D eigenvalue weighted by Gasteiger charge is -2.06. The van der Waals surface area contributed by atoms with Crippen LogP contribution in [0.1, 0.15) is 29.7 Å². The van der Waals surface area contributed by atoms with Gasteiger partial charge in [-0.2, -0.15) is 5.10 Å². The smallest absolute Gasteiger partial charge is 0.167 e. The average molecular weight is 216 g/mol. The average Bonchev–Trinajstić information content (AvgIpc) is 2.74. The number of hydrogen-bond acceptors (Lipinski definition) is 3. The summed E-state index contributed by atoms with van der Waals surface area (Å²) < 4.78 is 0. The molecular formula is C12H16N4. The molecule has 0 spiro atoms. The van der Waals surface area contributed by atoms with Gasteiger partial charge in [-0.25, -0.2) is 4.98 Å². The van der Waals surface area contributed by atoms with Gasteiger partial charge in [0.25, 0.3) is 0 Å². The Balaban J connectivity index is 1.91. The van der Waals surface area contributed by atoms with Crippen LogP contribution in [-0.4, -0.2) is 15.2 Å². The molecule has 0 amide bonds. The van der Waals surface area contributed by atoms with Crippen molar-refractivity contribution in [2.45, 2.75) is 25.8 Å². The van der Waals surface area contributed by atoms with Crippen molar-refractivity contribution < 1.29 is 0 Å². The number of hydrogen-bond donors (Lipinski definition) is 2. The van der Waals surface area contributed by atoms with Gasteiger partial charge in [-0.15, -0.1) is 0 Å². The molecule has 4 heteroatoms. The van der Waals surface area contributed by atoms with Crippen LogP contribution in [0.15, 0.2) is 30.3 Å². The summed E-state index contributed by atoms with van der Waals surface area (Å²) in [5, 5.41) is 6.87. The molecule has 2 aromatic rings. The molecule has 0 saturated heterocycles. The molecule has 1 atom stereocenters. The molecule has 1 heterocycles. The molecule has 2 rings (SSSR count). The summed E-state index contributed by atoms with van der Waals surface area (Å²) in [5.41, 5.74) is 7.31. The number of nitrogens with one attached hydrogen (secondary N) is 1. The highest BCUT2D eigenvalue weighted by atomic mass is 15.2. The molecular weight excluding hydrogens is 200 g/mol. The monoisotopic (exact) mass is 216 g/mol. The fraction of sp³-hybridized carbons (Fsp3) is 0.333. The van der Waals surface area contributed by atoms with Gasteiger partial charge in [0.2, 0.25) is 0 Å². The van der Waals surface area contributed by atoms with Crippen LogP contribution >= 0.6 is 0 Å². The maximum Gasteiger partial charge on any atom is 0.167 e. The van der Waals surface area contributed by atoms with E-state index < -0.39 is 0 Å². The summed E-state index contributed by atoms with van der Waals surface area (Å²) in [6, 6.07) is 10.2. The van der Waals surface area contributed by atoms with Crippen LogP contribution in [0.2, 0.25) is 0 Å². The fourth-order valence-electron chi connectivity index (χ4n) is 1.62. The number of aromatic nitrogens is 3. The predicted octanol–water partition coefficient (Wildman–Crippen LogP) is 1.75. The van der Waals surface area contributed by atoms with Crippen molar-refractivity contribution in [3.8, 4) is 0 Å². The Bertz CT molecular complexity index is 435. The highest BCUT2D eigenvalue weighted by molar-refractivity contribution is 5.15. The summed E-state index contributed by atoms with van der Waals surface area (Å²) >= 11 is 0. The normalized spacial score (nSPS) is 12.6. The minimum atomic E-state index is -0.0924. The van der Waals surface area contributed by atoms with E-state index in [4.69, 9.17) is 5.73 Å². The van der Waals surface area contributed by atoms with Crippen molar-refractivity contribution in [1.29, 1.82) is 0 Å². The molecule has 0 radical (unpaired) electrons. The largest absolute Gasteiger partial charge is 0.321 e. The molecule has 1 aromatic heterocycles. The van der Waals surface area contributed by atoms with Gasteiger partial charge in [-0.05, 0) is 25.3 Å². The third kappa shape index (κ3) is 2.67. The van der Waals surface area contributed by atoms with E-state index in [1.807, 2.05) is 25.1 Å². The van der Waals surface area contributed by atoms with E-state index in [-0.39, 0.29) is 6.04 Å². The second kappa shape index (κ2) is 4.90. The number of rotatable bonds is 4. The quantitative estimate of drug-likeness (QED) is 0.818. The van der Waals surface area contributed by atoms with Crippen LogP contribution in [-0.2, 0) is 6.42 Å². The first-order chi connectivity index (χ1) is 7.75. The third-order valence-electron chi connectivity index (χ3n) is 2.53. The Kier molecular flexibility index (Phi) is 3.31. The molecule has 0 saturated carbocycles. The van der Waals surface area contributed by atoms with Crippen LogP contribution in [0.5, 0.6) is 0 Å². The minimum absolute atomic E-state index is 0.0924. The zero-order valence-electron chi connectivity index (χ0n) is 9.35. The highest BCUT2D eigenvalue weighted by Gasteiger charge is 2.10. The van der Waals surface area contributed by atoms with Crippen molar-refractivity contribution in [2.24, 2.45) is 5.73 Å². The first-order valence-electron chi connectivity index (χ1n) is 5.44. The number of H-pyrrole nitrogens is 1. The fourth-order valence-corrected chi connectivity index (χ4v) is 1.62. The number of nitrogens with zero attached hydrogens (tertiary/aromatic N) is 2. The first-order valence-corrected chi connectivity index (χ1v) is 5.44. The Hall–Kier alpha value is -1.68. The van der Waals surface area contributed by atoms with Gasteiger partial charge < -0.3 is 5.73 Å². The van der Waals surface area contributed by atoms with E-state index >= 15 is 0 Å². The zero-order chi connectivity index (χ0) is 11.4. The van der Waals surface area contributed by atoms with Crippen LogP contribution < -0.4 is 5.73 Å². The lowest BCUT2D eigenvalue weighted by molar-refractivity contribution is 0.615. The van der Waals surface area contributed by atoms with Gasteiger partial charge in [0.05, 0.1) is 6.04 Å². The topological polar surface area (TPSA) is 67.6 Å². The van der Waals surface area contributed by atoms with Gasteiger partial charge in [0.15, 0.2) is 5.82 Å². The summed E-state index contributed by atoms with van der Waals surface area (Å²) in [4.78, 5) is 4.23. The number of benzene rings is 1. The lowest BCUT2D eigenvalue weighted by Crippen LogP contribution is -2.13. The third-order valence-corrected chi connectivity index (χ3v) is 2.53. The van der Waals surface area contributed by atoms with Crippen molar-refractivity contribution in [1.82, 2.24) is 15.2 Å². The summed E-state index contributed by atoms with van der Waals surface area (Å²) in [6.45, 7) is 1.88. The molecule has 0 aliphatic rings. The van der Waals surface area contributed by atoms with Crippen molar-refractivity contribution in [3.63, 3.8) is 0 Å². The molecule has 0 aliphatic heterocycles. The van der Waals surface area contributed by atoms with Gasteiger partial charge in [-0.1, -0.05) is 30.3 Å². The van der Waals surface area contributed by atoms with Crippen molar-refractivity contribution >= 4 is 0 Å². The molecule has 0 bridgehead atoms. The Morgan fingerprint density at radius 1 is 1.31 bits per heavy atom. The van der Waals surface area contributed by atoms with Crippen LogP contribution in [0.25, 0.3) is 0 Å². The molecule has 84 valence electrons. The van der Waals surface area contributed by atoms with Gasteiger partial charge in [0, 0.05) is 0 Å². The molecule has 0 aliphatic carbocycles. The Morgan fingerprint density at radius 2 is 2.06 bits per heavy atom. The standard InChI is InChI=1S/C12H16N4/c1-9-14-12(16-15-9)11(13)8-7-10-5-3-2-4-6-10/h2-6,11H,7-8,13H2,1H3,(H,14,15,16). The molecule has 1 unspecified atom stereocenters. The first kappa shape index (κ1) is 10.8. The van der Waals surface area contributed by atoms with Crippen molar-refractivity contribution in [3.05, 3.63) is 47.5 Å². The van der Waals surface area contributed by atoms with E-state index in [2.05, 4.69) is 27.3 Å². The molecule has 3 N–H and O–H groups in total. The maximum absolute atomic E-state index is 6.01. The number of nitrogens with two attached hydrogens (primary N) is 1. The predicted molar refractivity (Wildman–Crippen MR) is 62.8 cm³/mol. The van der Waals surface area contributed by atoms with E-state index in [0.29, 0.717) is 5.82 Å². The SMILES string of the molecule is Cc1nc(C(N)CCc2ccccc2)n[nH]1. The van der Waals surface area contributed by atoms with Gasteiger partial charge in [-0.3, -0.25) is 5.10 Å². The molecule has 0 fully saturated rings. The second-order valence-corrected chi connectivity index (χ2v) is 3.91. The van der Waals surface area contributed by atoms with Crippen LogP contribution in [0, 0.1) is 6.92 Å². The Morgan fingerprint density at radius 3 is 2.69 bits per heavy atom. The lowest BCUT2D eigenvalue weighted by atomic mass is 10.1. The summed E-state index contributed by atoms with van der Waals surface area (Å²) in [5.74, 6) is 1.51. The molecule has 16 heavy (non-hydrogen) atoms. The van der Waals surface area contributed by atoms with Crippen LogP contribution in [0.3, 0.4) is 0 Å². The molecule has 1 aromatic carbocycles. The van der Waals surface area contributed by atoms with E-state index in [1.54, 1.807) is 0 Å². The maximum atomic E-state index is 6.01. The number of aromatic amines is 1. The summed E-state index contributed by atoms with van der Waals surface area (Å²) in [6.07, 6.45) is 1.82. The zero-order valence-corrected chi connectivity index (χ0v) is 9.35.